The molecule has 0 aliphatic carbocycles. The summed E-state index contributed by atoms with van der Waals surface area (Å²) in [5.74, 6) is 0.382. The zero-order valence-corrected chi connectivity index (χ0v) is 28.5. The van der Waals surface area contributed by atoms with Crippen molar-refractivity contribution in [3.63, 3.8) is 0 Å². The van der Waals surface area contributed by atoms with Crippen molar-refractivity contribution in [2.24, 2.45) is 14.1 Å². The van der Waals surface area contributed by atoms with Crippen molar-refractivity contribution in [3.8, 4) is 28.0 Å². The number of methoxy groups -OCH3 is 1. The minimum Gasteiger partial charge on any atom is -0.494 e. The maximum absolute atomic E-state index is 14.0. The molecule has 0 saturated carbocycles. The van der Waals surface area contributed by atoms with Crippen molar-refractivity contribution in [1.29, 1.82) is 0 Å². The number of benzene rings is 4. The van der Waals surface area contributed by atoms with E-state index in [1.165, 1.54) is 6.42 Å². The van der Waals surface area contributed by atoms with Crippen LogP contribution in [0.4, 0.5) is 8.78 Å². The molecule has 0 unspecified atom stereocenters. The fourth-order valence-electron chi connectivity index (χ4n) is 4.97. The van der Waals surface area contributed by atoms with Crippen molar-refractivity contribution in [2.45, 2.75) is 61.8 Å². The maximum Gasteiger partial charge on any atom is 0.147 e. The van der Waals surface area contributed by atoms with Gasteiger partial charge in [-0.15, -0.1) is 0 Å². The van der Waals surface area contributed by atoms with Crippen LogP contribution in [0.2, 0.25) is 0 Å². The minimum atomic E-state index is -0.183. The Kier molecular flexibility index (Phi) is 12.0. The van der Waals surface area contributed by atoms with Gasteiger partial charge in [0, 0.05) is 37.3 Å². The van der Waals surface area contributed by atoms with Crippen LogP contribution in [-0.4, -0.2) is 26.7 Å². The highest BCUT2D eigenvalue weighted by Crippen LogP contribution is 2.35. The molecule has 0 fully saturated rings. The molecule has 0 aliphatic heterocycles. The predicted molar refractivity (Wildman–Crippen MR) is 185 cm³/mol. The summed E-state index contributed by atoms with van der Waals surface area (Å²) >= 11 is 0. The standard InChI is InChI=1S/C17H17FN2O.C16H15FN2.C3H8.C2H6/c1-10-7-12(8-15(18)11(10)2)13-5-6-16(21-4)17-14(13)9-20(3)19-17;1-10-7-12(8-15(17)11(10)2)13-5-4-6-16-14(13)9-19(3)18-16;1-3-2;1-2/h5-9H,1-4H3;4-9H,1-3H3;3H2,1-2H3;1-2H3. The first-order valence-corrected chi connectivity index (χ1v) is 15.5. The average molecular weight is 613 g/mol. The Hall–Kier alpha value is -4.52. The molecular weight excluding hydrogens is 566 g/mol. The van der Waals surface area contributed by atoms with Crippen LogP contribution in [-0.2, 0) is 14.1 Å². The fraction of sp³-hybridized carbons (Fsp3) is 0.316. The summed E-state index contributed by atoms with van der Waals surface area (Å²) in [6, 6.07) is 17.0. The highest BCUT2D eigenvalue weighted by Gasteiger charge is 2.14. The van der Waals surface area contributed by atoms with Crippen LogP contribution in [0.5, 0.6) is 5.75 Å². The highest BCUT2D eigenvalue weighted by atomic mass is 19.1. The average Bonchev–Trinajstić information content (AvgIpc) is 3.60. The number of fused-ring (bicyclic) bond motifs is 2. The minimum absolute atomic E-state index is 0.157. The van der Waals surface area contributed by atoms with E-state index in [0.717, 1.165) is 60.9 Å². The number of aromatic nitrogens is 4. The molecule has 0 atom stereocenters. The van der Waals surface area contributed by atoms with Crippen LogP contribution >= 0.6 is 0 Å². The van der Waals surface area contributed by atoms with Gasteiger partial charge in [0.1, 0.15) is 22.9 Å². The van der Waals surface area contributed by atoms with Gasteiger partial charge in [0.15, 0.2) is 0 Å². The number of aryl methyl sites for hydroxylation is 4. The summed E-state index contributed by atoms with van der Waals surface area (Å²) in [5.41, 5.74) is 8.77. The van der Waals surface area contributed by atoms with Crippen LogP contribution in [0.1, 0.15) is 56.4 Å². The van der Waals surface area contributed by atoms with Gasteiger partial charge in [-0.3, -0.25) is 9.36 Å². The third-order valence-electron chi connectivity index (χ3n) is 7.47. The van der Waals surface area contributed by atoms with E-state index in [1.807, 2.05) is 96.6 Å². The number of hydrogen-bond acceptors (Lipinski definition) is 3. The molecule has 6 rings (SSSR count). The summed E-state index contributed by atoms with van der Waals surface area (Å²) in [6.45, 7) is 15.7. The smallest absolute Gasteiger partial charge is 0.147 e. The van der Waals surface area contributed by atoms with Crippen molar-refractivity contribution >= 4 is 21.8 Å². The molecule has 0 amide bonds. The fourth-order valence-corrected chi connectivity index (χ4v) is 4.97. The molecule has 2 aromatic heterocycles. The molecule has 7 heteroatoms. The Bertz CT molecular complexity index is 1860. The van der Waals surface area contributed by atoms with Crippen molar-refractivity contribution in [2.75, 3.05) is 7.11 Å². The molecule has 0 radical (unpaired) electrons. The van der Waals surface area contributed by atoms with Crippen LogP contribution in [0, 0.1) is 39.3 Å². The van der Waals surface area contributed by atoms with Crippen molar-refractivity contribution < 1.29 is 13.5 Å². The molecule has 5 nitrogen and oxygen atoms in total. The lowest BCUT2D eigenvalue weighted by atomic mass is 9.97. The van der Waals surface area contributed by atoms with Gasteiger partial charge in [0.05, 0.1) is 12.6 Å². The second-order valence-corrected chi connectivity index (χ2v) is 10.9. The van der Waals surface area contributed by atoms with E-state index in [9.17, 15) is 8.78 Å². The number of hydrogen-bond donors (Lipinski definition) is 0. The lowest BCUT2D eigenvalue weighted by Gasteiger charge is -2.09. The number of ether oxygens (including phenoxy) is 1. The molecule has 6 aromatic rings. The molecule has 45 heavy (non-hydrogen) atoms. The van der Waals surface area contributed by atoms with E-state index in [0.29, 0.717) is 11.1 Å². The van der Waals surface area contributed by atoms with Crippen molar-refractivity contribution in [3.05, 3.63) is 101 Å². The van der Waals surface area contributed by atoms with E-state index in [2.05, 4.69) is 24.0 Å². The molecule has 0 N–H and O–H groups in total. The predicted octanol–water partition coefficient (Wildman–Crippen LogP) is 10.4. The monoisotopic (exact) mass is 612 g/mol. The highest BCUT2D eigenvalue weighted by molar-refractivity contribution is 5.98. The van der Waals surface area contributed by atoms with Crippen LogP contribution in [0.25, 0.3) is 44.1 Å². The Morgan fingerprint density at radius 3 is 1.69 bits per heavy atom. The summed E-state index contributed by atoms with van der Waals surface area (Å²) < 4.78 is 36.8. The van der Waals surface area contributed by atoms with Gasteiger partial charge in [-0.25, -0.2) is 8.78 Å². The summed E-state index contributed by atoms with van der Waals surface area (Å²) in [4.78, 5) is 0. The Balaban J connectivity index is 0.000000216. The van der Waals surface area contributed by atoms with Gasteiger partial charge in [0.2, 0.25) is 0 Å². The van der Waals surface area contributed by atoms with E-state index >= 15 is 0 Å². The second kappa shape index (κ2) is 15.5. The van der Waals surface area contributed by atoms with E-state index in [1.54, 1.807) is 42.5 Å². The molecule has 0 bridgehead atoms. The Morgan fingerprint density at radius 2 is 1.18 bits per heavy atom. The van der Waals surface area contributed by atoms with Gasteiger partial charge in [0.25, 0.3) is 0 Å². The third kappa shape index (κ3) is 7.77. The zero-order valence-electron chi connectivity index (χ0n) is 28.5. The van der Waals surface area contributed by atoms with Gasteiger partial charge in [-0.1, -0.05) is 58.4 Å². The largest absolute Gasteiger partial charge is 0.494 e. The lowest BCUT2D eigenvalue weighted by molar-refractivity contribution is 0.418. The topological polar surface area (TPSA) is 44.9 Å². The summed E-state index contributed by atoms with van der Waals surface area (Å²) in [7, 11) is 5.38. The van der Waals surface area contributed by atoms with Crippen LogP contribution in [0.15, 0.2) is 67.0 Å². The molecule has 4 aromatic carbocycles. The molecule has 238 valence electrons. The molecular formula is C38H46F2N4O. The van der Waals surface area contributed by atoms with Crippen molar-refractivity contribution in [1.82, 2.24) is 19.6 Å². The van der Waals surface area contributed by atoms with Gasteiger partial charge in [-0.2, -0.15) is 10.2 Å². The van der Waals surface area contributed by atoms with E-state index < -0.39 is 0 Å². The molecule has 0 spiro atoms. The number of halogens is 2. The quantitative estimate of drug-likeness (QED) is 0.200. The van der Waals surface area contributed by atoms with E-state index in [-0.39, 0.29) is 11.6 Å². The summed E-state index contributed by atoms with van der Waals surface area (Å²) in [5, 5.41) is 10.8. The first-order chi connectivity index (χ1) is 21.5. The van der Waals surface area contributed by atoms with Gasteiger partial charge < -0.3 is 4.74 Å². The lowest BCUT2D eigenvalue weighted by Crippen LogP contribution is -1.91. The second-order valence-electron chi connectivity index (χ2n) is 10.9. The Morgan fingerprint density at radius 1 is 0.689 bits per heavy atom. The number of nitrogens with zero attached hydrogens (tertiary/aromatic N) is 4. The molecule has 0 aliphatic rings. The van der Waals surface area contributed by atoms with Gasteiger partial charge >= 0.3 is 0 Å². The van der Waals surface area contributed by atoms with E-state index in [4.69, 9.17) is 4.74 Å². The van der Waals surface area contributed by atoms with Crippen LogP contribution in [0.3, 0.4) is 0 Å². The normalized spacial score (nSPS) is 10.4. The molecule has 2 heterocycles. The maximum atomic E-state index is 14.0. The van der Waals surface area contributed by atoms with Gasteiger partial charge in [-0.05, 0) is 103 Å². The zero-order chi connectivity index (χ0) is 33.4. The third-order valence-corrected chi connectivity index (χ3v) is 7.47. The first-order valence-electron chi connectivity index (χ1n) is 15.5. The Labute approximate surface area is 266 Å². The molecule has 0 saturated heterocycles. The number of rotatable bonds is 3. The first kappa shape index (κ1) is 35.0. The SMILES string of the molecule is CC.CCC.COc1ccc(-c2cc(C)c(C)c(F)c2)c2cn(C)nc12.Cc1cc(-c2cccc3nn(C)cc23)cc(F)c1C. The summed E-state index contributed by atoms with van der Waals surface area (Å²) in [6.07, 6.45) is 5.15. The van der Waals surface area contributed by atoms with Crippen LogP contribution < -0.4 is 4.74 Å².